The number of hydrogen-bond donors (Lipinski definition) is 1. The van der Waals surface area contributed by atoms with Crippen molar-refractivity contribution in [3.8, 4) is 5.75 Å². The molecule has 0 unspecified atom stereocenters. The van der Waals surface area contributed by atoms with Gasteiger partial charge in [-0.25, -0.2) is 9.18 Å². The van der Waals surface area contributed by atoms with Gasteiger partial charge >= 0.3 is 30.8 Å². The third-order valence-corrected chi connectivity index (χ3v) is 5.19. The molecule has 0 radical (unpaired) electrons. The quantitative estimate of drug-likeness (QED) is 0.610. The fourth-order valence-corrected chi connectivity index (χ4v) is 3.34. The van der Waals surface area contributed by atoms with Gasteiger partial charge < -0.3 is 20.7 Å². The van der Waals surface area contributed by atoms with Crippen LogP contribution in [0.4, 0.5) is 10.4 Å². The number of carboxylic acid groups (broad SMARTS) is 1. The fraction of sp³-hybridized carbons (Fsp3) is 0.550. The van der Waals surface area contributed by atoms with Crippen LogP contribution in [0.25, 0.3) is 0 Å². The normalized spacial score (nSPS) is 14.8. The first-order valence-electron chi connectivity index (χ1n) is 9.79. The molecule has 1 aliphatic rings. The Morgan fingerprint density at radius 3 is 2.70 bits per heavy atom. The van der Waals surface area contributed by atoms with Gasteiger partial charge in [-0.3, -0.25) is 4.90 Å². The van der Waals surface area contributed by atoms with Crippen LogP contribution in [-0.4, -0.2) is 65.4 Å². The van der Waals surface area contributed by atoms with E-state index in [9.17, 15) is 9.18 Å². The first-order valence-corrected chi connectivity index (χ1v) is 9.79. The van der Waals surface area contributed by atoms with Gasteiger partial charge in [0, 0.05) is 37.7 Å². The van der Waals surface area contributed by atoms with E-state index in [1.807, 2.05) is 20.9 Å². The first-order chi connectivity index (χ1) is 13.8. The molecular weight excluding hydrogens is 386 g/mol. The average Bonchev–Trinajstić information content (AvgIpc) is 3.18. The van der Waals surface area contributed by atoms with Crippen molar-refractivity contribution in [3.63, 3.8) is 0 Å². The minimum absolute atomic E-state index is 0. The van der Waals surface area contributed by atoms with Gasteiger partial charge in [0.15, 0.2) is 5.82 Å². The third-order valence-electron chi connectivity index (χ3n) is 5.19. The van der Waals surface area contributed by atoms with Gasteiger partial charge in [0.25, 0.3) is 0 Å². The molecule has 2 heterocycles. The topological polar surface area (TPSA) is 91.9 Å². The number of likely N-dealkylation sites (N-methyl/N-ethyl adjacent to an activating group) is 1. The largest absolute Gasteiger partial charge is 1.00 e. The van der Waals surface area contributed by atoms with E-state index in [1.54, 1.807) is 0 Å². The van der Waals surface area contributed by atoms with E-state index in [2.05, 4.69) is 19.9 Å². The summed E-state index contributed by atoms with van der Waals surface area (Å²) in [6.07, 6.45) is 1.94. The van der Waals surface area contributed by atoms with Crippen molar-refractivity contribution in [1.82, 2.24) is 15.0 Å². The summed E-state index contributed by atoms with van der Waals surface area (Å²) in [5.41, 5.74) is -0.358. The predicted molar refractivity (Wildman–Crippen MR) is 106 cm³/mol. The summed E-state index contributed by atoms with van der Waals surface area (Å²) in [6, 6.07) is 4.80. The number of nitrogens with zero attached hydrogens (tertiary/aromatic N) is 4. The molecule has 3 rings (SSSR count). The van der Waals surface area contributed by atoms with Gasteiger partial charge in [0.1, 0.15) is 18.2 Å². The molecular formula is C20H28FLiN4O4. The minimum atomic E-state index is -1.29. The molecule has 1 aromatic carbocycles. The molecule has 8 nitrogen and oxygen atoms in total. The molecule has 0 atom stereocenters. The zero-order chi connectivity index (χ0) is 21.0. The molecule has 1 aromatic heterocycles. The second-order valence-electron chi connectivity index (χ2n) is 7.58. The Hall–Kier alpha value is -2.08. The van der Waals surface area contributed by atoms with Gasteiger partial charge in [-0.2, -0.15) is 4.98 Å². The van der Waals surface area contributed by atoms with Crippen molar-refractivity contribution in [2.45, 2.75) is 38.6 Å². The summed E-state index contributed by atoms with van der Waals surface area (Å²) in [5, 5.41) is 12.9. The van der Waals surface area contributed by atoms with E-state index in [4.69, 9.17) is 14.4 Å². The van der Waals surface area contributed by atoms with E-state index < -0.39 is 11.8 Å². The maximum atomic E-state index is 13.7. The van der Waals surface area contributed by atoms with E-state index in [-0.39, 0.29) is 31.8 Å². The van der Waals surface area contributed by atoms with E-state index in [0.29, 0.717) is 31.0 Å². The second-order valence-corrected chi connectivity index (χ2v) is 7.58. The second kappa shape index (κ2) is 10.8. The van der Waals surface area contributed by atoms with E-state index in [0.717, 1.165) is 37.8 Å². The standard InChI is InChI=1S/C20H27FN4O4.Li.H/c1-13(2)18-22-20(29-23-18)25-8-6-14(7-9-25)24(3)10-11-28-15-4-5-16(19(26)27)17(21)12-15;;/h4-5,12-14H,6-11H2,1-3H3,(H,26,27);;/q;+1;-1. The average molecular weight is 414 g/mol. The summed E-state index contributed by atoms with van der Waals surface area (Å²) in [6.45, 7) is 6.84. The van der Waals surface area contributed by atoms with Crippen LogP contribution in [0.15, 0.2) is 22.7 Å². The molecule has 0 saturated carbocycles. The molecule has 160 valence electrons. The van der Waals surface area contributed by atoms with E-state index in [1.165, 1.54) is 12.1 Å². The van der Waals surface area contributed by atoms with Crippen molar-refractivity contribution in [1.29, 1.82) is 0 Å². The van der Waals surface area contributed by atoms with Gasteiger partial charge in [0.05, 0.1) is 5.56 Å². The van der Waals surface area contributed by atoms with Crippen molar-refractivity contribution in [3.05, 3.63) is 35.4 Å². The number of piperidine rings is 1. The number of rotatable bonds is 8. The van der Waals surface area contributed by atoms with Crippen molar-refractivity contribution < 1.29 is 43.8 Å². The van der Waals surface area contributed by atoms with Crippen LogP contribution in [0.1, 0.15) is 50.2 Å². The number of carbonyl (C=O) groups is 1. The van der Waals surface area contributed by atoms with Gasteiger partial charge in [-0.1, -0.05) is 19.0 Å². The summed E-state index contributed by atoms with van der Waals surface area (Å²) in [5.74, 6) is -0.791. The van der Waals surface area contributed by atoms with Crippen molar-refractivity contribution in [2.75, 3.05) is 38.2 Å². The molecule has 1 aliphatic heterocycles. The molecule has 1 N–H and O–H groups in total. The van der Waals surface area contributed by atoms with Crippen LogP contribution < -0.4 is 28.5 Å². The van der Waals surface area contributed by atoms with Crippen LogP contribution in [0.5, 0.6) is 5.75 Å². The molecule has 30 heavy (non-hydrogen) atoms. The number of hydrogen-bond acceptors (Lipinski definition) is 7. The number of aromatic carboxylic acids is 1. The predicted octanol–water partition coefficient (Wildman–Crippen LogP) is 0.126. The number of ether oxygens (including phenoxy) is 1. The minimum Gasteiger partial charge on any atom is -1.00 e. The maximum absolute atomic E-state index is 13.7. The summed E-state index contributed by atoms with van der Waals surface area (Å²) in [7, 11) is 2.04. The van der Waals surface area contributed by atoms with Gasteiger partial charge in [0.2, 0.25) is 0 Å². The van der Waals surface area contributed by atoms with Gasteiger partial charge in [-0.05, 0) is 32.0 Å². The molecule has 0 bridgehead atoms. The number of aromatic nitrogens is 2. The Labute approximate surface area is 189 Å². The van der Waals surface area contributed by atoms with E-state index >= 15 is 0 Å². The fourth-order valence-electron chi connectivity index (χ4n) is 3.34. The Kier molecular flexibility index (Phi) is 8.71. The number of halogens is 1. The Morgan fingerprint density at radius 2 is 2.13 bits per heavy atom. The Balaban J connectivity index is 0.00000240. The third kappa shape index (κ3) is 5.97. The Morgan fingerprint density at radius 1 is 1.43 bits per heavy atom. The SMILES string of the molecule is CC(C)c1noc(N2CCC(N(C)CCOc3ccc(C(=O)O)c(F)c3)CC2)n1.[H-].[Li+]. The number of benzene rings is 1. The van der Waals surface area contributed by atoms with Crippen molar-refractivity contribution in [2.24, 2.45) is 0 Å². The first kappa shape index (κ1) is 24.2. The van der Waals surface area contributed by atoms with Crippen LogP contribution in [0.3, 0.4) is 0 Å². The molecule has 0 spiro atoms. The van der Waals surface area contributed by atoms with Crippen LogP contribution in [-0.2, 0) is 0 Å². The van der Waals surface area contributed by atoms with Crippen LogP contribution in [0, 0.1) is 5.82 Å². The molecule has 1 saturated heterocycles. The molecule has 0 amide bonds. The molecule has 0 aliphatic carbocycles. The summed E-state index contributed by atoms with van der Waals surface area (Å²) >= 11 is 0. The van der Waals surface area contributed by atoms with Crippen LogP contribution in [0.2, 0.25) is 0 Å². The van der Waals surface area contributed by atoms with Crippen LogP contribution >= 0.6 is 0 Å². The maximum Gasteiger partial charge on any atom is 1.00 e. The van der Waals surface area contributed by atoms with Gasteiger partial charge in [-0.15, -0.1) is 0 Å². The molecule has 10 heteroatoms. The molecule has 1 fully saturated rings. The van der Waals surface area contributed by atoms with Crippen molar-refractivity contribution >= 4 is 12.0 Å². The summed E-state index contributed by atoms with van der Waals surface area (Å²) in [4.78, 5) is 19.7. The Bertz CT molecular complexity index is 846. The molecule has 2 aromatic rings. The smallest absolute Gasteiger partial charge is 1.00 e. The monoisotopic (exact) mass is 414 g/mol. The summed E-state index contributed by atoms with van der Waals surface area (Å²) < 4.78 is 24.7. The number of anilines is 1. The zero-order valence-corrected chi connectivity index (χ0v) is 18.0. The number of carboxylic acids is 1. The zero-order valence-electron chi connectivity index (χ0n) is 19.0.